The van der Waals surface area contributed by atoms with Crippen molar-refractivity contribution in [2.24, 2.45) is 0 Å². The van der Waals surface area contributed by atoms with E-state index < -0.39 is 6.23 Å². The molecule has 1 rings (SSSR count). The Balaban J connectivity index is 2.53. The molecule has 1 unspecified atom stereocenters. The van der Waals surface area contributed by atoms with Crippen molar-refractivity contribution in [1.82, 2.24) is 10.9 Å². The van der Waals surface area contributed by atoms with Crippen LogP contribution in [-0.2, 0) is 6.54 Å². The van der Waals surface area contributed by atoms with Gasteiger partial charge in [0.2, 0.25) is 0 Å². The fourth-order valence-corrected chi connectivity index (χ4v) is 1.04. The normalized spacial score (nSPS) is 12.7. The third kappa shape index (κ3) is 3.21. The van der Waals surface area contributed by atoms with E-state index in [1.165, 1.54) is 6.07 Å². The first-order chi connectivity index (χ1) is 6.59. The number of hydrazine groups is 1. The molecular weight excluding hydrogens is 182 g/mol. The summed E-state index contributed by atoms with van der Waals surface area (Å²) < 4.78 is 0. The lowest BCUT2D eigenvalue weighted by Crippen LogP contribution is -2.38. The molecule has 0 aliphatic carbocycles. The van der Waals surface area contributed by atoms with E-state index in [0.717, 1.165) is 0 Å². The standard InChI is InChI=1S/C9H15N3O2/c1-6(13)12-11-5-7-4-8(10)2-3-9(7)14/h2-4,6,11-14H,5,10H2,1H3. The molecule has 0 saturated carbocycles. The summed E-state index contributed by atoms with van der Waals surface area (Å²) in [5, 5.41) is 18.3. The van der Waals surface area contributed by atoms with Gasteiger partial charge in [-0.2, -0.15) is 0 Å². The lowest BCUT2D eigenvalue weighted by Gasteiger charge is -2.10. The van der Waals surface area contributed by atoms with Crippen LogP contribution < -0.4 is 16.6 Å². The number of aromatic hydroxyl groups is 1. The van der Waals surface area contributed by atoms with E-state index >= 15 is 0 Å². The molecular formula is C9H15N3O2. The van der Waals surface area contributed by atoms with Crippen LogP contribution in [0.4, 0.5) is 5.69 Å². The van der Waals surface area contributed by atoms with Gasteiger partial charge in [0.15, 0.2) is 0 Å². The van der Waals surface area contributed by atoms with Gasteiger partial charge in [0.1, 0.15) is 12.0 Å². The zero-order valence-corrected chi connectivity index (χ0v) is 7.99. The van der Waals surface area contributed by atoms with E-state index in [1.807, 2.05) is 0 Å². The number of hydrogen-bond acceptors (Lipinski definition) is 5. The topological polar surface area (TPSA) is 90.5 Å². The molecule has 0 aliphatic heterocycles. The minimum absolute atomic E-state index is 0.180. The molecule has 0 amide bonds. The molecule has 1 aromatic carbocycles. The quantitative estimate of drug-likeness (QED) is 0.201. The van der Waals surface area contributed by atoms with Gasteiger partial charge in [-0.15, -0.1) is 0 Å². The number of aliphatic hydroxyl groups excluding tert-OH is 1. The number of anilines is 1. The third-order valence-corrected chi connectivity index (χ3v) is 1.69. The number of nitrogen functional groups attached to an aromatic ring is 1. The summed E-state index contributed by atoms with van der Waals surface area (Å²) in [4.78, 5) is 0. The van der Waals surface area contributed by atoms with Gasteiger partial charge in [0.25, 0.3) is 0 Å². The van der Waals surface area contributed by atoms with E-state index in [0.29, 0.717) is 17.8 Å². The number of nitrogens with one attached hydrogen (secondary N) is 2. The molecule has 78 valence electrons. The second-order valence-corrected chi connectivity index (χ2v) is 3.06. The van der Waals surface area contributed by atoms with Gasteiger partial charge in [0, 0.05) is 17.8 Å². The average molecular weight is 197 g/mol. The number of phenols is 1. The third-order valence-electron chi connectivity index (χ3n) is 1.69. The number of hydrogen-bond donors (Lipinski definition) is 5. The monoisotopic (exact) mass is 197 g/mol. The molecule has 0 aromatic heterocycles. The van der Waals surface area contributed by atoms with Crippen LogP contribution in [-0.4, -0.2) is 16.4 Å². The largest absolute Gasteiger partial charge is 0.508 e. The molecule has 6 N–H and O–H groups in total. The van der Waals surface area contributed by atoms with Crippen molar-refractivity contribution < 1.29 is 10.2 Å². The van der Waals surface area contributed by atoms with E-state index in [9.17, 15) is 5.11 Å². The Morgan fingerprint density at radius 3 is 2.86 bits per heavy atom. The SMILES string of the molecule is CC(O)NNCc1cc(N)ccc1O. The molecule has 0 saturated heterocycles. The highest BCUT2D eigenvalue weighted by molar-refractivity contribution is 5.47. The number of benzene rings is 1. The number of phenolic OH excluding ortho intramolecular Hbond substituents is 1. The Hall–Kier alpha value is -1.30. The van der Waals surface area contributed by atoms with Gasteiger partial charge in [0.05, 0.1) is 0 Å². The number of rotatable bonds is 4. The molecule has 0 fully saturated rings. The molecule has 0 spiro atoms. The highest BCUT2D eigenvalue weighted by atomic mass is 16.3. The van der Waals surface area contributed by atoms with Crippen LogP contribution >= 0.6 is 0 Å². The molecule has 1 atom stereocenters. The Bertz CT molecular complexity index is 302. The van der Waals surface area contributed by atoms with Gasteiger partial charge in [-0.3, -0.25) is 5.43 Å². The molecule has 1 aromatic rings. The maximum absolute atomic E-state index is 9.41. The minimum Gasteiger partial charge on any atom is -0.508 e. The van der Waals surface area contributed by atoms with Gasteiger partial charge in [-0.1, -0.05) is 0 Å². The van der Waals surface area contributed by atoms with E-state index in [2.05, 4.69) is 10.9 Å². The number of nitrogens with two attached hydrogens (primary N) is 1. The van der Waals surface area contributed by atoms with Crippen molar-refractivity contribution in [1.29, 1.82) is 0 Å². The first kappa shape index (κ1) is 10.8. The Labute approximate surface area is 82.5 Å². The summed E-state index contributed by atoms with van der Waals surface area (Å²) in [7, 11) is 0. The lowest BCUT2D eigenvalue weighted by molar-refractivity contribution is 0.136. The van der Waals surface area contributed by atoms with Crippen molar-refractivity contribution >= 4 is 5.69 Å². The van der Waals surface area contributed by atoms with Crippen LogP contribution in [0.15, 0.2) is 18.2 Å². The van der Waals surface area contributed by atoms with Crippen LogP contribution in [0.5, 0.6) is 5.75 Å². The zero-order chi connectivity index (χ0) is 10.6. The highest BCUT2D eigenvalue weighted by Crippen LogP contribution is 2.18. The Kier molecular flexibility index (Phi) is 3.70. The summed E-state index contributed by atoms with van der Waals surface area (Å²) in [5.74, 6) is 0.180. The predicted octanol–water partition coefficient (Wildman–Crippen LogP) is -0.0931. The molecule has 0 heterocycles. The molecule has 0 bridgehead atoms. The van der Waals surface area contributed by atoms with Gasteiger partial charge in [-0.25, -0.2) is 5.43 Å². The van der Waals surface area contributed by atoms with Crippen molar-refractivity contribution in [2.75, 3.05) is 5.73 Å². The second kappa shape index (κ2) is 4.80. The maximum atomic E-state index is 9.41. The average Bonchev–Trinajstić information content (AvgIpc) is 2.10. The van der Waals surface area contributed by atoms with E-state index in [-0.39, 0.29) is 5.75 Å². The zero-order valence-electron chi connectivity index (χ0n) is 7.99. The van der Waals surface area contributed by atoms with Crippen molar-refractivity contribution in [3.05, 3.63) is 23.8 Å². The molecule has 14 heavy (non-hydrogen) atoms. The molecule has 5 nitrogen and oxygen atoms in total. The molecule has 0 aliphatic rings. The summed E-state index contributed by atoms with van der Waals surface area (Å²) in [5.41, 5.74) is 12.2. The predicted molar refractivity (Wildman–Crippen MR) is 54.2 cm³/mol. The van der Waals surface area contributed by atoms with E-state index in [1.54, 1.807) is 19.1 Å². The maximum Gasteiger partial charge on any atom is 0.120 e. The van der Waals surface area contributed by atoms with E-state index in [4.69, 9.17) is 10.8 Å². The second-order valence-electron chi connectivity index (χ2n) is 3.06. The van der Waals surface area contributed by atoms with Crippen molar-refractivity contribution in [3.8, 4) is 5.75 Å². The fraction of sp³-hybridized carbons (Fsp3) is 0.333. The summed E-state index contributed by atoms with van der Waals surface area (Å²) >= 11 is 0. The van der Waals surface area contributed by atoms with Gasteiger partial charge < -0.3 is 15.9 Å². The summed E-state index contributed by atoms with van der Waals surface area (Å²) in [6.45, 7) is 1.98. The van der Waals surface area contributed by atoms with Crippen molar-refractivity contribution in [2.45, 2.75) is 19.7 Å². The van der Waals surface area contributed by atoms with Crippen LogP contribution in [0.2, 0.25) is 0 Å². The first-order valence-electron chi connectivity index (χ1n) is 4.33. The highest BCUT2D eigenvalue weighted by Gasteiger charge is 2.01. The van der Waals surface area contributed by atoms with Gasteiger partial charge >= 0.3 is 0 Å². The summed E-state index contributed by atoms with van der Waals surface area (Å²) in [6, 6.07) is 4.84. The summed E-state index contributed by atoms with van der Waals surface area (Å²) in [6.07, 6.45) is -0.641. The molecule has 5 heteroatoms. The van der Waals surface area contributed by atoms with Gasteiger partial charge in [-0.05, 0) is 25.1 Å². The van der Waals surface area contributed by atoms with Crippen molar-refractivity contribution in [3.63, 3.8) is 0 Å². The molecule has 0 radical (unpaired) electrons. The fourth-order valence-electron chi connectivity index (χ4n) is 1.04. The number of aliphatic hydroxyl groups is 1. The minimum atomic E-state index is -0.641. The van der Waals surface area contributed by atoms with Crippen LogP contribution in [0, 0.1) is 0 Å². The Morgan fingerprint density at radius 2 is 2.21 bits per heavy atom. The van der Waals surface area contributed by atoms with Crippen LogP contribution in [0.1, 0.15) is 12.5 Å². The Morgan fingerprint density at radius 1 is 1.50 bits per heavy atom. The first-order valence-corrected chi connectivity index (χ1v) is 4.33. The van der Waals surface area contributed by atoms with Crippen LogP contribution in [0.3, 0.4) is 0 Å². The lowest BCUT2D eigenvalue weighted by atomic mass is 10.2. The van der Waals surface area contributed by atoms with Crippen LogP contribution in [0.25, 0.3) is 0 Å². The smallest absolute Gasteiger partial charge is 0.120 e.